The summed E-state index contributed by atoms with van der Waals surface area (Å²) in [5.74, 6) is 1.01. The number of piperidine rings is 1. The van der Waals surface area contributed by atoms with E-state index in [4.69, 9.17) is 0 Å². The van der Waals surface area contributed by atoms with E-state index in [0.717, 1.165) is 38.6 Å². The minimum absolute atomic E-state index is 0. The standard InChI is InChI=1S/C19H31N5OS.HI/c1-20-19(22-9-13-23-10-3-2-4-11-23)21-8-5-18(25)24-12-6-17-16(15-24)7-14-26-17;/h7,14H,2-6,8-13,15H2,1H3,(H2,20,21,22);1H. The van der Waals surface area contributed by atoms with Gasteiger partial charge < -0.3 is 20.4 Å². The summed E-state index contributed by atoms with van der Waals surface area (Å²) in [6.07, 6.45) is 5.50. The summed E-state index contributed by atoms with van der Waals surface area (Å²) in [6, 6.07) is 2.14. The highest BCUT2D eigenvalue weighted by Gasteiger charge is 2.21. The van der Waals surface area contributed by atoms with Gasteiger partial charge >= 0.3 is 0 Å². The number of halogens is 1. The predicted molar refractivity (Wildman–Crippen MR) is 123 cm³/mol. The third-order valence-corrected chi connectivity index (χ3v) is 6.21. The van der Waals surface area contributed by atoms with Gasteiger partial charge in [0, 0.05) is 51.1 Å². The van der Waals surface area contributed by atoms with Crippen molar-refractivity contribution >= 4 is 47.2 Å². The van der Waals surface area contributed by atoms with Crippen molar-refractivity contribution in [3.05, 3.63) is 21.9 Å². The third-order valence-electron chi connectivity index (χ3n) is 5.18. The molecule has 2 N–H and O–H groups in total. The second kappa shape index (κ2) is 11.9. The number of nitrogens with one attached hydrogen (secondary N) is 2. The van der Waals surface area contributed by atoms with Crippen LogP contribution in [0.2, 0.25) is 0 Å². The quantitative estimate of drug-likeness (QED) is 0.354. The van der Waals surface area contributed by atoms with Crippen molar-refractivity contribution in [2.45, 2.75) is 38.6 Å². The van der Waals surface area contributed by atoms with Gasteiger partial charge in [-0.25, -0.2) is 0 Å². The fraction of sp³-hybridized carbons (Fsp3) is 0.684. The van der Waals surface area contributed by atoms with Crippen LogP contribution in [0.15, 0.2) is 16.4 Å². The largest absolute Gasteiger partial charge is 0.356 e. The first-order valence-corrected chi connectivity index (χ1v) is 10.6. The molecule has 3 heterocycles. The first-order chi connectivity index (χ1) is 12.8. The van der Waals surface area contributed by atoms with Crippen molar-refractivity contribution in [3.8, 4) is 0 Å². The van der Waals surface area contributed by atoms with Crippen molar-refractivity contribution in [1.82, 2.24) is 20.4 Å². The second-order valence-corrected chi connectivity index (χ2v) is 8.01. The van der Waals surface area contributed by atoms with Crippen molar-refractivity contribution in [2.24, 2.45) is 4.99 Å². The van der Waals surface area contributed by atoms with Crippen LogP contribution in [0.1, 0.15) is 36.1 Å². The molecule has 2 aliphatic heterocycles. The monoisotopic (exact) mass is 505 g/mol. The van der Waals surface area contributed by atoms with Crippen molar-refractivity contribution in [1.29, 1.82) is 0 Å². The van der Waals surface area contributed by atoms with Crippen LogP contribution < -0.4 is 10.6 Å². The first kappa shape index (κ1) is 22.4. The number of hydrogen-bond acceptors (Lipinski definition) is 4. The zero-order chi connectivity index (χ0) is 18.2. The number of amides is 1. The summed E-state index contributed by atoms with van der Waals surface area (Å²) in [5.41, 5.74) is 1.32. The van der Waals surface area contributed by atoms with Crippen molar-refractivity contribution in [2.75, 3.05) is 46.3 Å². The molecule has 0 aliphatic carbocycles. The van der Waals surface area contributed by atoms with Crippen LogP contribution in [0.25, 0.3) is 0 Å². The second-order valence-electron chi connectivity index (χ2n) is 7.01. The van der Waals surface area contributed by atoms with Gasteiger partial charge in [-0.2, -0.15) is 0 Å². The number of aliphatic imine (C=N–C) groups is 1. The molecule has 1 fully saturated rings. The van der Waals surface area contributed by atoms with E-state index in [-0.39, 0.29) is 29.9 Å². The SMILES string of the molecule is CN=C(NCCC(=O)N1CCc2sccc2C1)NCCN1CCCCC1.I. The summed E-state index contributed by atoms with van der Waals surface area (Å²) >= 11 is 1.80. The smallest absolute Gasteiger partial charge is 0.224 e. The summed E-state index contributed by atoms with van der Waals surface area (Å²) < 4.78 is 0. The molecule has 152 valence electrons. The first-order valence-electron chi connectivity index (χ1n) is 9.76. The molecule has 27 heavy (non-hydrogen) atoms. The van der Waals surface area contributed by atoms with E-state index < -0.39 is 0 Å². The molecular weight excluding hydrogens is 473 g/mol. The van der Waals surface area contributed by atoms with Crippen LogP contribution in [0, 0.1) is 0 Å². The molecule has 0 bridgehead atoms. The maximum absolute atomic E-state index is 12.4. The van der Waals surface area contributed by atoms with E-state index in [1.54, 1.807) is 18.4 Å². The minimum Gasteiger partial charge on any atom is -0.356 e. The number of carbonyl (C=O) groups excluding carboxylic acids is 1. The average Bonchev–Trinajstić information content (AvgIpc) is 3.15. The molecule has 8 heteroatoms. The van der Waals surface area contributed by atoms with Crippen LogP contribution in [-0.4, -0.2) is 68.0 Å². The van der Waals surface area contributed by atoms with Crippen LogP contribution in [0.5, 0.6) is 0 Å². The van der Waals surface area contributed by atoms with Gasteiger partial charge in [-0.15, -0.1) is 35.3 Å². The molecule has 6 nitrogen and oxygen atoms in total. The van der Waals surface area contributed by atoms with E-state index in [1.807, 2.05) is 4.90 Å². The van der Waals surface area contributed by atoms with E-state index in [9.17, 15) is 4.79 Å². The normalized spacial score (nSPS) is 17.8. The number of nitrogens with zero attached hydrogens (tertiary/aromatic N) is 3. The average molecular weight is 505 g/mol. The van der Waals surface area contributed by atoms with E-state index >= 15 is 0 Å². The zero-order valence-corrected chi connectivity index (χ0v) is 19.4. The predicted octanol–water partition coefficient (Wildman–Crippen LogP) is 2.29. The highest BCUT2D eigenvalue weighted by Crippen LogP contribution is 2.24. The number of fused-ring (bicyclic) bond motifs is 1. The summed E-state index contributed by atoms with van der Waals surface area (Å²) in [7, 11) is 1.78. The van der Waals surface area contributed by atoms with Gasteiger partial charge in [-0.1, -0.05) is 6.42 Å². The Hall–Kier alpha value is -0.870. The Balaban J connectivity index is 0.00000261. The van der Waals surface area contributed by atoms with Gasteiger partial charge in [-0.05, 0) is 49.4 Å². The minimum atomic E-state index is 0. The topological polar surface area (TPSA) is 60.0 Å². The lowest BCUT2D eigenvalue weighted by molar-refractivity contribution is -0.131. The van der Waals surface area contributed by atoms with Crippen molar-refractivity contribution in [3.63, 3.8) is 0 Å². The number of hydrogen-bond donors (Lipinski definition) is 2. The zero-order valence-electron chi connectivity index (χ0n) is 16.2. The van der Waals surface area contributed by atoms with Gasteiger partial charge in [0.1, 0.15) is 0 Å². The molecule has 0 radical (unpaired) electrons. The Kier molecular flexibility index (Phi) is 9.84. The fourth-order valence-corrected chi connectivity index (χ4v) is 4.53. The van der Waals surface area contributed by atoms with Gasteiger partial charge in [0.05, 0.1) is 0 Å². The molecule has 0 unspecified atom stereocenters. The number of carbonyl (C=O) groups is 1. The number of likely N-dealkylation sites (tertiary alicyclic amines) is 1. The molecular formula is C19H32IN5OS. The molecule has 1 saturated heterocycles. The highest BCUT2D eigenvalue weighted by molar-refractivity contribution is 14.0. The summed E-state index contributed by atoms with van der Waals surface area (Å²) in [6.45, 7) is 6.59. The number of rotatable bonds is 6. The molecule has 0 atom stereocenters. The molecule has 0 aromatic carbocycles. The molecule has 0 saturated carbocycles. The Morgan fingerprint density at radius 1 is 1.19 bits per heavy atom. The maximum atomic E-state index is 12.4. The highest BCUT2D eigenvalue weighted by atomic mass is 127. The Bertz CT molecular complexity index is 615. The molecule has 3 rings (SSSR count). The van der Waals surface area contributed by atoms with Crippen molar-refractivity contribution < 1.29 is 4.79 Å². The molecule has 1 amide bonds. The van der Waals surface area contributed by atoms with E-state index in [1.165, 1.54) is 42.8 Å². The van der Waals surface area contributed by atoms with E-state index in [0.29, 0.717) is 13.0 Å². The van der Waals surface area contributed by atoms with Gasteiger partial charge in [-0.3, -0.25) is 9.79 Å². The van der Waals surface area contributed by atoms with Gasteiger partial charge in [0.25, 0.3) is 0 Å². The van der Waals surface area contributed by atoms with Crippen LogP contribution in [-0.2, 0) is 17.8 Å². The number of thiophene rings is 1. The maximum Gasteiger partial charge on any atom is 0.224 e. The van der Waals surface area contributed by atoms with Crippen LogP contribution in [0.4, 0.5) is 0 Å². The Labute approximate surface area is 183 Å². The van der Waals surface area contributed by atoms with Crippen LogP contribution in [0.3, 0.4) is 0 Å². The fourth-order valence-electron chi connectivity index (χ4n) is 3.64. The summed E-state index contributed by atoms with van der Waals surface area (Å²) in [5, 5.41) is 8.74. The lowest BCUT2D eigenvalue weighted by Gasteiger charge is -2.27. The van der Waals surface area contributed by atoms with Gasteiger partial charge in [0.15, 0.2) is 5.96 Å². The molecule has 1 aromatic rings. The van der Waals surface area contributed by atoms with E-state index in [2.05, 4.69) is 32.0 Å². The molecule has 1 aromatic heterocycles. The van der Waals surface area contributed by atoms with Gasteiger partial charge in [0.2, 0.25) is 5.91 Å². The molecule has 0 spiro atoms. The summed E-state index contributed by atoms with van der Waals surface area (Å²) in [4.78, 5) is 22.6. The Morgan fingerprint density at radius 3 is 2.74 bits per heavy atom. The molecule has 2 aliphatic rings. The number of guanidine groups is 1. The lowest BCUT2D eigenvalue weighted by Crippen LogP contribution is -2.44. The third kappa shape index (κ3) is 6.90. The lowest BCUT2D eigenvalue weighted by atomic mass is 10.1. The Morgan fingerprint density at radius 2 is 1.96 bits per heavy atom. The van der Waals surface area contributed by atoms with Crippen LogP contribution >= 0.6 is 35.3 Å².